The summed E-state index contributed by atoms with van der Waals surface area (Å²) in [5, 5.41) is 27.2. The lowest BCUT2D eigenvalue weighted by atomic mass is 10.1. The number of fused-ring (bicyclic) bond motifs is 1. The first-order valence-electron chi connectivity index (χ1n) is 9.06. The lowest BCUT2D eigenvalue weighted by Gasteiger charge is -2.13. The Bertz CT molecular complexity index is 1320. The number of nitriles is 1. The van der Waals surface area contributed by atoms with Gasteiger partial charge in [0.25, 0.3) is 0 Å². The Morgan fingerprint density at radius 2 is 1.90 bits per heavy atom. The maximum Gasteiger partial charge on any atom is 0.203 e. The number of halogens is 1. The highest BCUT2D eigenvalue weighted by Gasteiger charge is 2.21. The number of hydrogen-bond donors (Lipinski definition) is 3. The standard InChI is InChI=1S/C21H18FN5O4/c1-29-16-8-13(4-5-14(16)22)25-21-18(26-20-12(9-23)10-24-27(20)21)11-6-15(28)19(31-3)17(7-11)30-2/h4-8,10,25-26,28H,1-3H3. The average molecular weight is 423 g/mol. The smallest absolute Gasteiger partial charge is 0.203 e. The summed E-state index contributed by atoms with van der Waals surface area (Å²) in [6, 6.07) is 9.56. The summed E-state index contributed by atoms with van der Waals surface area (Å²) < 4.78 is 30.9. The van der Waals surface area contributed by atoms with Crippen LogP contribution in [0.4, 0.5) is 15.9 Å². The molecule has 0 unspecified atom stereocenters. The van der Waals surface area contributed by atoms with Gasteiger partial charge in [-0.25, -0.2) is 4.39 Å². The van der Waals surface area contributed by atoms with E-state index in [0.29, 0.717) is 39.7 Å². The fraction of sp³-hybridized carbons (Fsp3) is 0.143. The van der Waals surface area contributed by atoms with Crippen LogP contribution in [0.2, 0.25) is 0 Å². The van der Waals surface area contributed by atoms with Crippen LogP contribution in [0.25, 0.3) is 16.9 Å². The summed E-state index contributed by atoms with van der Waals surface area (Å²) in [6.07, 6.45) is 1.43. The Balaban J connectivity index is 1.91. The number of aromatic amines is 1. The number of hydrogen-bond acceptors (Lipinski definition) is 7. The highest BCUT2D eigenvalue weighted by atomic mass is 19.1. The van der Waals surface area contributed by atoms with Gasteiger partial charge in [-0.3, -0.25) is 0 Å². The predicted octanol–water partition coefficient (Wildman–Crippen LogP) is 3.82. The molecule has 3 N–H and O–H groups in total. The lowest BCUT2D eigenvalue weighted by Crippen LogP contribution is -1.99. The van der Waals surface area contributed by atoms with Gasteiger partial charge in [0.05, 0.1) is 33.2 Å². The highest BCUT2D eigenvalue weighted by molar-refractivity contribution is 5.83. The van der Waals surface area contributed by atoms with Crippen LogP contribution >= 0.6 is 0 Å². The maximum absolute atomic E-state index is 13.8. The van der Waals surface area contributed by atoms with Crippen LogP contribution in [0.1, 0.15) is 5.56 Å². The number of phenolic OH excluding ortho intramolecular Hbond substituents is 1. The van der Waals surface area contributed by atoms with E-state index < -0.39 is 5.82 Å². The molecule has 0 amide bonds. The first-order chi connectivity index (χ1) is 15.0. The number of ether oxygens (including phenoxy) is 3. The zero-order valence-corrected chi connectivity index (χ0v) is 16.9. The van der Waals surface area contributed by atoms with E-state index in [0.717, 1.165) is 0 Å². The van der Waals surface area contributed by atoms with Gasteiger partial charge in [-0.1, -0.05) is 0 Å². The van der Waals surface area contributed by atoms with E-state index in [4.69, 9.17) is 14.2 Å². The molecule has 31 heavy (non-hydrogen) atoms. The molecular formula is C21H18FN5O4. The molecule has 4 rings (SSSR count). The summed E-state index contributed by atoms with van der Waals surface area (Å²) >= 11 is 0. The molecule has 0 spiro atoms. The second-order valence-corrected chi connectivity index (χ2v) is 6.48. The molecule has 2 aromatic heterocycles. The van der Waals surface area contributed by atoms with E-state index in [1.807, 2.05) is 0 Å². The summed E-state index contributed by atoms with van der Waals surface area (Å²) in [5.41, 5.74) is 2.36. The van der Waals surface area contributed by atoms with Crippen LogP contribution in [0, 0.1) is 17.1 Å². The Morgan fingerprint density at radius 3 is 2.58 bits per heavy atom. The number of nitrogens with zero attached hydrogens (tertiary/aromatic N) is 3. The van der Waals surface area contributed by atoms with Crippen molar-refractivity contribution in [3.05, 3.63) is 47.9 Å². The van der Waals surface area contributed by atoms with E-state index in [1.54, 1.807) is 12.1 Å². The van der Waals surface area contributed by atoms with Crippen molar-refractivity contribution in [2.75, 3.05) is 26.6 Å². The van der Waals surface area contributed by atoms with E-state index in [-0.39, 0.29) is 17.2 Å². The number of aromatic nitrogens is 3. The molecule has 0 saturated carbocycles. The van der Waals surface area contributed by atoms with Crippen molar-refractivity contribution in [3.63, 3.8) is 0 Å². The number of rotatable bonds is 6. The van der Waals surface area contributed by atoms with E-state index in [1.165, 1.54) is 50.2 Å². The fourth-order valence-electron chi connectivity index (χ4n) is 3.29. The minimum atomic E-state index is -0.497. The van der Waals surface area contributed by atoms with Crippen LogP contribution in [0.3, 0.4) is 0 Å². The molecule has 0 aliphatic carbocycles. The number of nitrogens with one attached hydrogen (secondary N) is 2. The molecule has 0 radical (unpaired) electrons. The van der Waals surface area contributed by atoms with Crippen molar-refractivity contribution in [2.24, 2.45) is 0 Å². The highest BCUT2D eigenvalue weighted by Crippen LogP contribution is 2.42. The van der Waals surface area contributed by atoms with Gasteiger partial charge in [0.2, 0.25) is 5.75 Å². The van der Waals surface area contributed by atoms with Gasteiger partial charge in [-0.15, -0.1) is 0 Å². The van der Waals surface area contributed by atoms with E-state index in [9.17, 15) is 14.8 Å². The summed E-state index contributed by atoms with van der Waals surface area (Å²) in [7, 11) is 4.26. The predicted molar refractivity (Wildman–Crippen MR) is 111 cm³/mol. The molecule has 158 valence electrons. The second-order valence-electron chi connectivity index (χ2n) is 6.48. The average Bonchev–Trinajstić information content (AvgIpc) is 3.34. The molecule has 10 heteroatoms. The topological polar surface area (TPSA) is 117 Å². The molecular weight excluding hydrogens is 405 g/mol. The van der Waals surface area contributed by atoms with Crippen LogP contribution in [-0.4, -0.2) is 41.0 Å². The van der Waals surface area contributed by atoms with Gasteiger partial charge in [0.1, 0.15) is 11.6 Å². The van der Waals surface area contributed by atoms with Crippen molar-refractivity contribution in [3.8, 4) is 40.3 Å². The minimum Gasteiger partial charge on any atom is -0.504 e. The first kappa shape index (κ1) is 19.9. The normalized spacial score (nSPS) is 10.7. The van der Waals surface area contributed by atoms with E-state index >= 15 is 0 Å². The van der Waals surface area contributed by atoms with Crippen molar-refractivity contribution < 1.29 is 23.7 Å². The number of H-pyrrole nitrogens is 1. The molecule has 9 nitrogen and oxygen atoms in total. The number of imidazole rings is 1. The van der Waals surface area contributed by atoms with Crippen molar-refractivity contribution in [1.29, 1.82) is 5.26 Å². The molecule has 0 bridgehead atoms. The number of phenols is 1. The molecule has 0 saturated heterocycles. The number of anilines is 2. The van der Waals surface area contributed by atoms with Gasteiger partial charge in [0, 0.05) is 17.3 Å². The SMILES string of the molecule is COc1cc(Nc2c(-c3cc(O)c(OC)c(OC)c3)[nH]c3c(C#N)cnn23)ccc1F. The van der Waals surface area contributed by atoms with Crippen molar-refractivity contribution >= 4 is 17.2 Å². The summed E-state index contributed by atoms with van der Waals surface area (Å²) in [4.78, 5) is 3.16. The van der Waals surface area contributed by atoms with Gasteiger partial charge in [-0.2, -0.15) is 14.9 Å². The first-order valence-corrected chi connectivity index (χ1v) is 9.06. The molecule has 0 fully saturated rings. The molecule has 0 atom stereocenters. The quantitative estimate of drug-likeness (QED) is 0.432. The van der Waals surface area contributed by atoms with Crippen LogP contribution in [0.5, 0.6) is 23.0 Å². The van der Waals surface area contributed by atoms with Gasteiger partial charge < -0.3 is 29.6 Å². The lowest BCUT2D eigenvalue weighted by molar-refractivity contribution is 0.333. The third-order valence-electron chi connectivity index (χ3n) is 4.74. The van der Waals surface area contributed by atoms with Gasteiger partial charge in [0.15, 0.2) is 34.5 Å². The summed E-state index contributed by atoms with van der Waals surface area (Å²) in [6.45, 7) is 0. The third kappa shape index (κ3) is 3.32. The van der Waals surface area contributed by atoms with Crippen LogP contribution in [-0.2, 0) is 0 Å². The molecule has 2 aromatic carbocycles. The van der Waals surface area contributed by atoms with Crippen LogP contribution < -0.4 is 19.5 Å². The largest absolute Gasteiger partial charge is 0.504 e. The monoisotopic (exact) mass is 423 g/mol. The fourth-order valence-corrected chi connectivity index (χ4v) is 3.29. The molecule has 0 aliphatic heterocycles. The Labute approximate surface area is 176 Å². The Hall–Kier alpha value is -4.39. The zero-order valence-electron chi connectivity index (χ0n) is 16.9. The molecule has 4 aromatic rings. The Morgan fingerprint density at radius 1 is 1.13 bits per heavy atom. The number of aromatic hydroxyl groups is 1. The second kappa shape index (κ2) is 7.79. The van der Waals surface area contributed by atoms with Crippen LogP contribution in [0.15, 0.2) is 36.5 Å². The van der Waals surface area contributed by atoms with E-state index in [2.05, 4.69) is 21.5 Å². The third-order valence-corrected chi connectivity index (χ3v) is 4.74. The van der Waals surface area contributed by atoms with Crippen molar-refractivity contribution in [2.45, 2.75) is 0 Å². The maximum atomic E-state index is 13.8. The van der Waals surface area contributed by atoms with Crippen molar-refractivity contribution in [1.82, 2.24) is 14.6 Å². The molecule has 0 aliphatic rings. The number of benzene rings is 2. The minimum absolute atomic E-state index is 0.0697. The Kier molecular flexibility index (Phi) is 5.00. The number of methoxy groups -OCH3 is 3. The van der Waals surface area contributed by atoms with Gasteiger partial charge in [-0.05, 0) is 24.3 Å². The van der Waals surface area contributed by atoms with Gasteiger partial charge >= 0.3 is 0 Å². The molecule has 2 heterocycles. The summed E-state index contributed by atoms with van der Waals surface area (Å²) in [5.74, 6) is 0.414. The zero-order chi connectivity index (χ0) is 22.1.